The number of hydrogen-bond acceptors (Lipinski definition) is 2. The number of rotatable bonds is 17. The van der Waals surface area contributed by atoms with E-state index in [2.05, 4.69) is 13.8 Å². The molecule has 0 heterocycles. The molecule has 2 heteroatoms. The van der Waals surface area contributed by atoms with E-state index >= 15 is 0 Å². The van der Waals surface area contributed by atoms with Gasteiger partial charge in [0.1, 0.15) is 6.10 Å². The highest BCUT2D eigenvalue weighted by atomic mass is 16.3. The van der Waals surface area contributed by atoms with Crippen molar-refractivity contribution in [3.8, 4) is 0 Å². The average Bonchev–Trinajstić information content (AvgIpc) is 2.52. The van der Waals surface area contributed by atoms with Crippen molar-refractivity contribution in [2.45, 2.75) is 123 Å². The van der Waals surface area contributed by atoms with Gasteiger partial charge in [-0.2, -0.15) is 0 Å². The molecule has 22 heavy (non-hydrogen) atoms. The van der Waals surface area contributed by atoms with Crippen LogP contribution in [0.15, 0.2) is 0 Å². The van der Waals surface area contributed by atoms with Gasteiger partial charge in [0.2, 0.25) is 0 Å². The molecule has 0 spiro atoms. The molecule has 0 fully saturated rings. The van der Waals surface area contributed by atoms with Crippen molar-refractivity contribution in [3.63, 3.8) is 0 Å². The lowest BCUT2D eigenvalue weighted by Gasteiger charge is -2.09. The standard InChI is InChI=1S/C20H40O2/c1-3-5-7-9-11-12-14-16-18-20(22)19(21)17-15-13-10-8-6-4-2/h19,21H,3-18H2,1-2H3. The molecule has 1 atom stereocenters. The van der Waals surface area contributed by atoms with E-state index in [1.165, 1.54) is 64.2 Å². The molecule has 1 N–H and O–H groups in total. The molecule has 0 bridgehead atoms. The molecule has 0 aromatic carbocycles. The predicted molar refractivity (Wildman–Crippen MR) is 96.2 cm³/mol. The molecule has 0 rings (SSSR count). The van der Waals surface area contributed by atoms with Crippen LogP contribution in [0, 0.1) is 0 Å². The third-order valence-corrected chi connectivity index (χ3v) is 4.48. The zero-order chi connectivity index (χ0) is 16.5. The lowest BCUT2D eigenvalue weighted by molar-refractivity contribution is -0.127. The van der Waals surface area contributed by atoms with Crippen molar-refractivity contribution in [3.05, 3.63) is 0 Å². The molecule has 0 aromatic heterocycles. The summed E-state index contributed by atoms with van der Waals surface area (Å²) in [4.78, 5) is 11.8. The normalized spacial score (nSPS) is 12.5. The van der Waals surface area contributed by atoms with Crippen LogP contribution in [0.2, 0.25) is 0 Å². The van der Waals surface area contributed by atoms with E-state index < -0.39 is 6.10 Å². The van der Waals surface area contributed by atoms with E-state index in [4.69, 9.17) is 0 Å². The van der Waals surface area contributed by atoms with Crippen LogP contribution < -0.4 is 0 Å². The lowest BCUT2D eigenvalue weighted by atomic mass is 10.0. The number of ketones is 1. The average molecular weight is 313 g/mol. The van der Waals surface area contributed by atoms with Crippen molar-refractivity contribution in [2.75, 3.05) is 0 Å². The van der Waals surface area contributed by atoms with Crippen LogP contribution in [-0.2, 0) is 4.79 Å². The zero-order valence-electron chi connectivity index (χ0n) is 15.2. The maximum atomic E-state index is 11.8. The Labute approximate surface area is 139 Å². The van der Waals surface area contributed by atoms with Gasteiger partial charge in [-0.25, -0.2) is 0 Å². The zero-order valence-corrected chi connectivity index (χ0v) is 15.2. The van der Waals surface area contributed by atoms with E-state index in [0.717, 1.165) is 25.7 Å². The molecule has 0 saturated heterocycles. The Bertz CT molecular complexity index is 238. The second kappa shape index (κ2) is 17.0. The van der Waals surface area contributed by atoms with E-state index in [-0.39, 0.29) is 5.78 Å². The van der Waals surface area contributed by atoms with Gasteiger partial charge in [-0.15, -0.1) is 0 Å². The highest BCUT2D eigenvalue weighted by Gasteiger charge is 2.13. The fourth-order valence-electron chi connectivity index (χ4n) is 2.88. The number of Topliss-reactive ketones (excluding diaryl/α,β-unsaturated/α-hetero) is 1. The minimum atomic E-state index is -0.698. The summed E-state index contributed by atoms with van der Waals surface area (Å²) in [5.41, 5.74) is 0. The van der Waals surface area contributed by atoms with Gasteiger partial charge in [0.15, 0.2) is 5.78 Å². The Morgan fingerprint density at radius 3 is 1.59 bits per heavy atom. The number of carbonyl (C=O) groups excluding carboxylic acids is 1. The largest absolute Gasteiger partial charge is 0.385 e. The Morgan fingerprint density at radius 2 is 1.09 bits per heavy atom. The first-order chi connectivity index (χ1) is 10.7. The van der Waals surface area contributed by atoms with Crippen molar-refractivity contribution in [2.24, 2.45) is 0 Å². The molecule has 0 aliphatic heterocycles. The van der Waals surface area contributed by atoms with Crippen LogP contribution in [0.3, 0.4) is 0 Å². The molecule has 0 amide bonds. The van der Waals surface area contributed by atoms with Gasteiger partial charge in [-0.05, 0) is 12.8 Å². The van der Waals surface area contributed by atoms with Crippen molar-refractivity contribution in [1.29, 1.82) is 0 Å². The van der Waals surface area contributed by atoms with Gasteiger partial charge in [0.25, 0.3) is 0 Å². The number of carbonyl (C=O) groups is 1. The van der Waals surface area contributed by atoms with Gasteiger partial charge in [0, 0.05) is 6.42 Å². The summed E-state index contributed by atoms with van der Waals surface area (Å²) in [6.45, 7) is 4.45. The number of unbranched alkanes of at least 4 members (excludes halogenated alkanes) is 12. The fraction of sp³-hybridized carbons (Fsp3) is 0.950. The number of hydrogen-bond donors (Lipinski definition) is 1. The minimum absolute atomic E-state index is 0.0690. The van der Waals surface area contributed by atoms with Crippen LogP contribution in [0.25, 0.3) is 0 Å². The maximum Gasteiger partial charge on any atom is 0.161 e. The van der Waals surface area contributed by atoms with Gasteiger partial charge < -0.3 is 5.11 Å². The molecule has 0 saturated carbocycles. The number of aliphatic hydroxyl groups excluding tert-OH is 1. The Hall–Kier alpha value is -0.370. The van der Waals surface area contributed by atoms with Gasteiger partial charge in [0.05, 0.1) is 0 Å². The molecule has 0 radical (unpaired) electrons. The van der Waals surface area contributed by atoms with Crippen molar-refractivity contribution < 1.29 is 9.90 Å². The fourth-order valence-corrected chi connectivity index (χ4v) is 2.88. The molecule has 1 unspecified atom stereocenters. The monoisotopic (exact) mass is 312 g/mol. The summed E-state index contributed by atoms with van der Waals surface area (Å²) in [5.74, 6) is 0.0690. The first-order valence-electron chi connectivity index (χ1n) is 9.93. The molecule has 2 nitrogen and oxygen atoms in total. The third kappa shape index (κ3) is 14.6. The summed E-state index contributed by atoms with van der Waals surface area (Å²) < 4.78 is 0. The smallest absolute Gasteiger partial charge is 0.161 e. The second-order valence-electron chi connectivity index (χ2n) is 6.76. The molecular formula is C20H40O2. The Balaban J connectivity index is 3.35. The highest BCUT2D eigenvalue weighted by molar-refractivity contribution is 5.82. The lowest BCUT2D eigenvalue weighted by Crippen LogP contribution is -2.19. The summed E-state index contributed by atoms with van der Waals surface area (Å²) in [5, 5.41) is 9.87. The molecular weight excluding hydrogens is 272 g/mol. The summed E-state index contributed by atoms with van der Waals surface area (Å²) >= 11 is 0. The first kappa shape index (κ1) is 21.6. The Kier molecular flexibility index (Phi) is 16.7. The van der Waals surface area contributed by atoms with Crippen LogP contribution in [0.1, 0.15) is 117 Å². The van der Waals surface area contributed by atoms with Crippen LogP contribution in [-0.4, -0.2) is 17.0 Å². The first-order valence-corrected chi connectivity index (χ1v) is 9.93. The van der Waals surface area contributed by atoms with Crippen molar-refractivity contribution >= 4 is 5.78 Å². The quantitative estimate of drug-likeness (QED) is 0.325. The van der Waals surface area contributed by atoms with Crippen LogP contribution in [0.4, 0.5) is 0 Å². The maximum absolute atomic E-state index is 11.8. The molecule has 0 aliphatic rings. The summed E-state index contributed by atoms with van der Waals surface area (Å²) in [7, 11) is 0. The Morgan fingerprint density at radius 1 is 0.682 bits per heavy atom. The van der Waals surface area contributed by atoms with Crippen LogP contribution >= 0.6 is 0 Å². The van der Waals surface area contributed by atoms with Gasteiger partial charge in [-0.3, -0.25) is 4.79 Å². The molecule has 0 aromatic rings. The predicted octanol–water partition coefficient (Wildman–Crippen LogP) is 6.20. The molecule has 132 valence electrons. The van der Waals surface area contributed by atoms with E-state index in [1.807, 2.05) is 0 Å². The van der Waals surface area contributed by atoms with Gasteiger partial charge >= 0.3 is 0 Å². The summed E-state index contributed by atoms with van der Waals surface area (Å²) in [6.07, 6.45) is 17.8. The van der Waals surface area contributed by atoms with E-state index in [0.29, 0.717) is 12.8 Å². The molecule has 0 aliphatic carbocycles. The van der Waals surface area contributed by atoms with Gasteiger partial charge in [-0.1, -0.05) is 97.3 Å². The van der Waals surface area contributed by atoms with Crippen LogP contribution in [0.5, 0.6) is 0 Å². The SMILES string of the molecule is CCCCCCCCCCC(=O)C(O)CCCCCCCC. The third-order valence-electron chi connectivity index (χ3n) is 4.48. The highest BCUT2D eigenvalue weighted by Crippen LogP contribution is 2.13. The van der Waals surface area contributed by atoms with E-state index in [9.17, 15) is 9.90 Å². The second-order valence-corrected chi connectivity index (χ2v) is 6.76. The van der Waals surface area contributed by atoms with Crippen molar-refractivity contribution in [1.82, 2.24) is 0 Å². The summed E-state index contributed by atoms with van der Waals surface area (Å²) in [6, 6.07) is 0. The minimum Gasteiger partial charge on any atom is -0.385 e. The topological polar surface area (TPSA) is 37.3 Å². The van der Waals surface area contributed by atoms with E-state index in [1.54, 1.807) is 0 Å². The number of aliphatic hydroxyl groups is 1.